The molecule has 1 heterocycles. The monoisotopic (exact) mass is 461 g/mol. The number of hydrogen-bond donors (Lipinski definition) is 1. The van der Waals surface area contributed by atoms with Gasteiger partial charge in [0.05, 0.1) is 12.5 Å². The fraction of sp³-hybridized carbons (Fsp3) is 0.400. The Balaban J connectivity index is 0.00000272. The van der Waals surface area contributed by atoms with Crippen molar-refractivity contribution < 1.29 is 14.6 Å². The molecule has 6 heteroatoms. The quantitative estimate of drug-likeness (QED) is 0.526. The molecular weight excluding hydrogens is 433 g/mol. The van der Waals surface area contributed by atoms with Crippen LogP contribution in [0.2, 0.25) is 5.02 Å². The highest BCUT2D eigenvalue weighted by molar-refractivity contribution is 6.30. The van der Waals surface area contributed by atoms with Crippen LogP contribution in [0.1, 0.15) is 36.5 Å². The van der Waals surface area contributed by atoms with Crippen molar-refractivity contribution in [2.24, 2.45) is 5.92 Å². The highest BCUT2D eigenvalue weighted by atomic mass is 35.5. The van der Waals surface area contributed by atoms with E-state index in [9.17, 15) is 4.79 Å². The lowest BCUT2D eigenvalue weighted by Gasteiger charge is -2.38. The van der Waals surface area contributed by atoms with Crippen molar-refractivity contribution in [1.29, 1.82) is 0 Å². The van der Waals surface area contributed by atoms with Crippen molar-refractivity contribution in [2.45, 2.75) is 32.6 Å². The van der Waals surface area contributed by atoms with Crippen molar-refractivity contribution in [3.05, 3.63) is 69.8 Å². The molecule has 2 aliphatic rings. The second-order valence-electron chi connectivity index (χ2n) is 8.36. The Bertz CT molecular complexity index is 950. The van der Waals surface area contributed by atoms with Crippen LogP contribution in [0.3, 0.4) is 0 Å². The molecule has 0 atom stereocenters. The predicted octanol–water partition coefficient (Wildman–Crippen LogP) is 5.51. The van der Waals surface area contributed by atoms with E-state index in [0.29, 0.717) is 19.7 Å². The van der Waals surface area contributed by atoms with Gasteiger partial charge in [0.15, 0.2) is 0 Å². The summed E-state index contributed by atoms with van der Waals surface area (Å²) < 4.78 is 6.00. The van der Waals surface area contributed by atoms with Crippen LogP contribution in [0.15, 0.2) is 48.0 Å². The molecule has 1 aliphatic heterocycles. The van der Waals surface area contributed by atoms with Gasteiger partial charge < -0.3 is 9.84 Å². The van der Waals surface area contributed by atoms with Crippen molar-refractivity contribution in [3.8, 4) is 5.75 Å². The Kier molecular flexibility index (Phi) is 8.04. The molecule has 0 amide bonds. The van der Waals surface area contributed by atoms with Gasteiger partial charge in [0, 0.05) is 24.7 Å². The third kappa shape index (κ3) is 5.82. The number of ether oxygens (including phenoxy) is 1. The molecule has 1 aliphatic carbocycles. The molecule has 0 radical (unpaired) electrons. The molecule has 0 saturated carbocycles. The number of nitrogens with zero attached hydrogens (tertiary/aromatic N) is 1. The summed E-state index contributed by atoms with van der Waals surface area (Å²) in [6, 6.07) is 14.4. The summed E-state index contributed by atoms with van der Waals surface area (Å²) in [5.41, 5.74) is 6.70. The first-order chi connectivity index (χ1) is 14.5. The lowest BCUT2D eigenvalue weighted by Crippen LogP contribution is -2.50. The largest absolute Gasteiger partial charge is 0.494 e. The number of allylic oxidation sites excluding steroid dienone is 1. The molecule has 31 heavy (non-hydrogen) atoms. The van der Waals surface area contributed by atoms with Crippen LogP contribution in [0.5, 0.6) is 5.75 Å². The Morgan fingerprint density at radius 3 is 2.61 bits per heavy atom. The van der Waals surface area contributed by atoms with Gasteiger partial charge in [-0.2, -0.15) is 0 Å². The fourth-order valence-electron chi connectivity index (χ4n) is 4.34. The molecule has 4 rings (SSSR count). The number of carboxylic acids is 1. The highest BCUT2D eigenvalue weighted by Crippen LogP contribution is 2.34. The maximum absolute atomic E-state index is 11.0. The zero-order chi connectivity index (χ0) is 21.1. The number of likely N-dealkylation sites (tertiary alicyclic amines) is 1. The van der Waals surface area contributed by atoms with Crippen LogP contribution in [0.4, 0.5) is 0 Å². The Morgan fingerprint density at radius 1 is 1.16 bits per heavy atom. The van der Waals surface area contributed by atoms with Crippen LogP contribution in [-0.4, -0.2) is 42.2 Å². The molecule has 0 aromatic heterocycles. The molecule has 0 unspecified atom stereocenters. The van der Waals surface area contributed by atoms with E-state index in [2.05, 4.69) is 42.2 Å². The van der Waals surface area contributed by atoms with Crippen LogP contribution in [-0.2, 0) is 17.6 Å². The number of carbonyl (C=O) groups is 1. The van der Waals surface area contributed by atoms with Crippen LogP contribution < -0.4 is 4.74 Å². The first-order valence-corrected chi connectivity index (χ1v) is 11.0. The average Bonchev–Trinajstić information content (AvgIpc) is 2.70. The van der Waals surface area contributed by atoms with E-state index in [0.717, 1.165) is 43.0 Å². The minimum atomic E-state index is -0.674. The van der Waals surface area contributed by atoms with Gasteiger partial charge in [-0.15, -0.1) is 12.4 Å². The molecule has 166 valence electrons. The lowest BCUT2D eigenvalue weighted by atomic mass is 9.85. The molecule has 1 fully saturated rings. The second-order valence-corrected chi connectivity index (χ2v) is 8.79. The summed E-state index contributed by atoms with van der Waals surface area (Å²) in [6.45, 7) is 5.11. The molecule has 0 bridgehead atoms. The molecule has 0 spiro atoms. The van der Waals surface area contributed by atoms with Gasteiger partial charge in [0.1, 0.15) is 5.75 Å². The summed E-state index contributed by atoms with van der Waals surface area (Å²) >= 11 is 5.93. The predicted molar refractivity (Wildman–Crippen MR) is 127 cm³/mol. The number of halogens is 2. The smallest absolute Gasteiger partial charge is 0.309 e. The molecule has 4 nitrogen and oxygen atoms in total. The van der Waals surface area contributed by atoms with Crippen LogP contribution >= 0.6 is 24.0 Å². The first-order valence-electron chi connectivity index (χ1n) is 10.6. The van der Waals surface area contributed by atoms with Gasteiger partial charge in [-0.05, 0) is 79.1 Å². The Labute approximate surface area is 195 Å². The molecule has 1 saturated heterocycles. The van der Waals surface area contributed by atoms with Crippen molar-refractivity contribution >= 4 is 35.6 Å². The van der Waals surface area contributed by atoms with Gasteiger partial charge in [0.25, 0.3) is 0 Å². The van der Waals surface area contributed by atoms with E-state index in [-0.39, 0.29) is 18.3 Å². The SMILES string of the molecule is CC1=C(CN2CC(C(=O)O)C2)CCc2cc(OCCCc3ccc(Cl)cc3)ccc21.Cl. The van der Waals surface area contributed by atoms with Crippen molar-refractivity contribution in [2.75, 3.05) is 26.2 Å². The summed E-state index contributed by atoms with van der Waals surface area (Å²) in [5, 5.41) is 9.82. The first kappa shape index (κ1) is 23.6. The van der Waals surface area contributed by atoms with Gasteiger partial charge in [-0.25, -0.2) is 0 Å². The zero-order valence-corrected chi connectivity index (χ0v) is 19.3. The Hall–Kier alpha value is -2.01. The number of aryl methyl sites for hydroxylation is 2. The molecule has 2 aromatic rings. The van der Waals surface area contributed by atoms with Crippen molar-refractivity contribution in [3.63, 3.8) is 0 Å². The second kappa shape index (κ2) is 10.5. The Morgan fingerprint density at radius 2 is 1.90 bits per heavy atom. The van der Waals surface area contributed by atoms with E-state index in [1.807, 2.05) is 12.1 Å². The number of benzene rings is 2. The van der Waals surface area contributed by atoms with E-state index in [4.69, 9.17) is 21.4 Å². The normalized spacial score (nSPS) is 16.3. The summed E-state index contributed by atoms with van der Waals surface area (Å²) in [5.74, 6) is 0.0703. The van der Waals surface area contributed by atoms with Crippen LogP contribution in [0, 0.1) is 5.92 Å². The van der Waals surface area contributed by atoms with E-state index >= 15 is 0 Å². The standard InChI is InChI=1S/C25H28ClNO3.ClH/c1-17-20(14-27-15-21(16-27)25(28)29)7-6-19-13-23(10-11-24(17)19)30-12-2-3-18-4-8-22(26)9-5-18;/h4-5,8-11,13,21H,2-3,6-7,12,14-16H2,1H3,(H,28,29);1H. The zero-order valence-electron chi connectivity index (χ0n) is 17.8. The fourth-order valence-corrected chi connectivity index (χ4v) is 4.46. The minimum absolute atomic E-state index is 0. The molecule has 1 N–H and O–H groups in total. The maximum atomic E-state index is 11.0. The number of rotatable bonds is 8. The van der Waals surface area contributed by atoms with E-state index in [1.54, 1.807) is 0 Å². The molecule has 2 aromatic carbocycles. The minimum Gasteiger partial charge on any atom is -0.494 e. The molecular formula is C25H29Cl2NO3. The van der Waals surface area contributed by atoms with Crippen molar-refractivity contribution in [1.82, 2.24) is 4.90 Å². The number of fused-ring (bicyclic) bond motifs is 1. The third-order valence-electron chi connectivity index (χ3n) is 6.22. The van der Waals surface area contributed by atoms with E-state index in [1.165, 1.54) is 27.8 Å². The van der Waals surface area contributed by atoms with E-state index < -0.39 is 5.97 Å². The number of aliphatic carboxylic acids is 1. The average molecular weight is 462 g/mol. The summed E-state index contributed by atoms with van der Waals surface area (Å²) in [4.78, 5) is 13.2. The van der Waals surface area contributed by atoms with Gasteiger partial charge >= 0.3 is 5.97 Å². The summed E-state index contributed by atoms with van der Waals surface area (Å²) in [7, 11) is 0. The van der Waals surface area contributed by atoms with Gasteiger partial charge in [-0.3, -0.25) is 9.69 Å². The van der Waals surface area contributed by atoms with Gasteiger partial charge in [-0.1, -0.05) is 35.4 Å². The number of hydrogen-bond acceptors (Lipinski definition) is 3. The number of carboxylic acid groups (broad SMARTS) is 1. The lowest BCUT2D eigenvalue weighted by molar-refractivity contribution is -0.147. The third-order valence-corrected chi connectivity index (χ3v) is 6.47. The van der Waals surface area contributed by atoms with Crippen LogP contribution in [0.25, 0.3) is 5.57 Å². The van der Waals surface area contributed by atoms with Gasteiger partial charge in [0.2, 0.25) is 0 Å². The maximum Gasteiger partial charge on any atom is 0.309 e. The highest BCUT2D eigenvalue weighted by Gasteiger charge is 2.33. The summed E-state index contributed by atoms with van der Waals surface area (Å²) in [6.07, 6.45) is 3.99. The topological polar surface area (TPSA) is 49.8 Å².